The molecular weight excluding hydrogens is 392 g/mol. The molecule has 0 bridgehead atoms. The van der Waals surface area contributed by atoms with Gasteiger partial charge in [-0.2, -0.15) is 0 Å². The molecule has 7 heteroatoms. The zero-order chi connectivity index (χ0) is 19.7. The maximum absolute atomic E-state index is 12.7. The van der Waals surface area contributed by atoms with Crippen LogP contribution in [0.2, 0.25) is 0 Å². The highest BCUT2D eigenvalue weighted by Crippen LogP contribution is 2.34. The van der Waals surface area contributed by atoms with Gasteiger partial charge in [-0.05, 0) is 42.5 Å². The van der Waals surface area contributed by atoms with Crippen LogP contribution < -0.4 is 5.32 Å². The fourth-order valence-corrected chi connectivity index (χ4v) is 4.50. The lowest BCUT2D eigenvalue weighted by Crippen LogP contribution is -2.13. The molecule has 1 amide bonds. The molecule has 0 saturated carbocycles. The second kappa shape index (κ2) is 7.18. The Morgan fingerprint density at radius 1 is 0.964 bits per heavy atom. The van der Waals surface area contributed by atoms with Crippen molar-refractivity contribution in [3.05, 3.63) is 78.4 Å². The number of nitrogens with zero attached hydrogens (tertiary/aromatic N) is 1. The normalized spacial score (nSPS) is 11.5. The molecule has 140 valence electrons. The number of para-hydroxylation sites is 2. The van der Waals surface area contributed by atoms with Crippen molar-refractivity contribution in [1.29, 1.82) is 0 Å². The molecule has 1 aromatic heterocycles. The number of sulfone groups is 1. The Morgan fingerprint density at radius 2 is 1.71 bits per heavy atom. The minimum atomic E-state index is -3.39. The molecular formula is C21H16N2O3S2. The van der Waals surface area contributed by atoms with E-state index in [0.717, 1.165) is 27.0 Å². The van der Waals surface area contributed by atoms with E-state index in [9.17, 15) is 13.2 Å². The van der Waals surface area contributed by atoms with E-state index in [1.807, 2.05) is 42.5 Å². The van der Waals surface area contributed by atoms with Gasteiger partial charge in [-0.3, -0.25) is 4.79 Å². The summed E-state index contributed by atoms with van der Waals surface area (Å²) < 4.78 is 24.6. The van der Waals surface area contributed by atoms with E-state index in [4.69, 9.17) is 0 Å². The molecule has 5 nitrogen and oxygen atoms in total. The summed E-state index contributed by atoms with van der Waals surface area (Å²) in [6.45, 7) is 0. The monoisotopic (exact) mass is 408 g/mol. The van der Waals surface area contributed by atoms with Gasteiger partial charge in [0.1, 0.15) is 5.01 Å². The van der Waals surface area contributed by atoms with Crippen LogP contribution in [-0.2, 0) is 9.84 Å². The van der Waals surface area contributed by atoms with Crippen LogP contribution >= 0.6 is 11.3 Å². The summed E-state index contributed by atoms with van der Waals surface area (Å²) in [5.41, 5.74) is 2.62. The molecule has 0 spiro atoms. The summed E-state index contributed by atoms with van der Waals surface area (Å²) in [6.07, 6.45) is 1.12. The standard InChI is InChI=1S/C21H16N2O3S2/c1-28(25,26)15-8-6-7-14(13-15)20(24)22-17-10-3-2-9-16(17)21-23-18-11-4-5-12-19(18)27-21/h2-13H,1H3,(H,22,24). The largest absolute Gasteiger partial charge is 0.321 e. The third kappa shape index (κ3) is 3.67. The molecule has 1 N–H and O–H groups in total. The van der Waals surface area contributed by atoms with Crippen LogP contribution in [0.3, 0.4) is 0 Å². The molecule has 0 aliphatic rings. The summed E-state index contributed by atoms with van der Waals surface area (Å²) in [7, 11) is -3.39. The zero-order valence-corrected chi connectivity index (χ0v) is 16.5. The highest BCUT2D eigenvalue weighted by atomic mass is 32.2. The van der Waals surface area contributed by atoms with Crippen LogP contribution in [0.1, 0.15) is 10.4 Å². The summed E-state index contributed by atoms with van der Waals surface area (Å²) in [5, 5.41) is 3.69. The van der Waals surface area contributed by atoms with E-state index >= 15 is 0 Å². The molecule has 0 aliphatic heterocycles. The highest BCUT2D eigenvalue weighted by Gasteiger charge is 2.15. The summed E-state index contributed by atoms with van der Waals surface area (Å²) >= 11 is 1.55. The van der Waals surface area contributed by atoms with Gasteiger partial charge in [0.25, 0.3) is 5.91 Å². The molecule has 0 unspecified atom stereocenters. The second-order valence-electron chi connectivity index (χ2n) is 6.29. The van der Waals surface area contributed by atoms with Gasteiger partial charge in [0, 0.05) is 17.4 Å². The number of benzene rings is 3. The van der Waals surface area contributed by atoms with Gasteiger partial charge >= 0.3 is 0 Å². The third-order valence-corrected chi connectivity index (χ3v) is 6.40. The van der Waals surface area contributed by atoms with Crippen LogP contribution in [0.4, 0.5) is 5.69 Å². The summed E-state index contributed by atoms with van der Waals surface area (Å²) in [4.78, 5) is 17.5. The lowest BCUT2D eigenvalue weighted by Gasteiger charge is -2.10. The molecule has 28 heavy (non-hydrogen) atoms. The number of carbonyl (C=O) groups is 1. The minimum absolute atomic E-state index is 0.111. The van der Waals surface area contributed by atoms with Crippen molar-refractivity contribution in [2.45, 2.75) is 4.90 Å². The Hall–Kier alpha value is -3.03. The van der Waals surface area contributed by atoms with Crippen molar-refractivity contribution in [1.82, 2.24) is 4.98 Å². The zero-order valence-electron chi connectivity index (χ0n) is 14.9. The van der Waals surface area contributed by atoms with E-state index < -0.39 is 9.84 Å². The maximum atomic E-state index is 12.7. The number of hydrogen-bond acceptors (Lipinski definition) is 5. The smallest absolute Gasteiger partial charge is 0.255 e. The number of aromatic nitrogens is 1. The SMILES string of the molecule is CS(=O)(=O)c1cccc(C(=O)Nc2ccccc2-c2nc3ccccc3s2)c1. The second-order valence-corrected chi connectivity index (χ2v) is 9.33. The summed E-state index contributed by atoms with van der Waals surface area (Å²) in [5.74, 6) is -0.376. The van der Waals surface area contributed by atoms with Crippen LogP contribution in [0.5, 0.6) is 0 Å². The molecule has 3 aromatic carbocycles. The molecule has 0 fully saturated rings. The summed E-state index contributed by atoms with van der Waals surface area (Å²) in [6, 6.07) is 21.3. The first-order valence-electron chi connectivity index (χ1n) is 8.48. The Morgan fingerprint density at radius 3 is 2.50 bits per heavy atom. The average molecular weight is 409 g/mol. The van der Waals surface area contributed by atoms with Gasteiger partial charge in [-0.1, -0.05) is 30.3 Å². The molecule has 0 radical (unpaired) electrons. The van der Waals surface area contributed by atoms with Crippen molar-refractivity contribution in [2.75, 3.05) is 11.6 Å². The van der Waals surface area contributed by atoms with E-state index in [1.165, 1.54) is 12.1 Å². The number of amides is 1. The van der Waals surface area contributed by atoms with Crippen LogP contribution in [0, 0.1) is 0 Å². The number of thiazole rings is 1. The molecule has 4 aromatic rings. The molecule has 4 rings (SSSR count). The van der Waals surface area contributed by atoms with Gasteiger partial charge < -0.3 is 5.32 Å². The topological polar surface area (TPSA) is 76.1 Å². The Labute approximate surface area is 166 Å². The number of anilines is 1. The fraction of sp³-hybridized carbons (Fsp3) is 0.0476. The number of rotatable bonds is 4. The van der Waals surface area contributed by atoms with Gasteiger partial charge in [0.05, 0.1) is 20.8 Å². The number of fused-ring (bicyclic) bond motifs is 1. The number of carbonyl (C=O) groups excluding carboxylic acids is 1. The predicted molar refractivity (Wildman–Crippen MR) is 113 cm³/mol. The van der Waals surface area contributed by atoms with Crippen LogP contribution in [0.25, 0.3) is 20.8 Å². The van der Waals surface area contributed by atoms with Crippen molar-refractivity contribution < 1.29 is 13.2 Å². The van der Waals surface area contributed by atoms with Crippen LogP contribution in [0.15, 0.2) is 77.7 Å². The van der Waals surface area contributed by atoms with E-state index in [2.05, 4.69) is 10.3 Å². The molecule has 1 heterocycles. The van der Waals surface area contributed by atoms with Crippen LogP contribution in [-0.4, -0.2) is 25.6 Å². The first-order chi connectivity index (χ1) is 13.4. The van der Waals surface area contributed by atoms with E-state index in [-0.39, 0.29) is 16.4 Å². The molecule has 0 saturated heterocycles. The Kier molecular flexibility index (Phi) is 4.70. The van der Waals surface area contributed by atoms with Crippen molar-refractivity contribution >= 4 is 43.0 Å². The van der Waals surface area contributed by atoms with Crippen molar-refractivity contribution in [3.8, 4) is 10.6 Å². The van der Waals surface area contributed by atoms with Gasteiger partial charge in [0.2, 0.25) is 0 Å². The van der Waals surface area contributed by atoms with Crippen molar-refractivity contribution in [3.63, 3.8) is 0 Å². The molecule has 0 atom stereocenters. The third-order valence-electron chi connectivity index (χ3n) is 4.22. The van der Waals surface area contributed by atoms with E-state index in [1.54, 1.807) is 29.5 Å². The van der Waals surface area contributed by atoms with Gasteiger partial charge in [-0.25, -0.2) is 13.4 Å². The highest BCUT2D eigenvalue weighted by molar-refractivity contribution is 7.90. The number of hydrogen-bond donors (Lipinski definition) is 1. The lowest BCUT2D eigenvalue weighted by atomic mass is 10.1. The Bertz CT molecular complexity index is 1260. The van der Waals surface area contributed by atoms with Gasteiger partial charge in [0.15, 0.2) is 9.84 Å². The average Bonchev–Trinajstić information content (AvgIpc) is 3.12. The first kappa shape index (κ1) is 18.3. The Balaban J connectivity index is 1.69. The van der Waals surface area contributed by atoms with Gasteiger partial charge in [-0.15, -0.1) is 11.3 Å². The lowest BCUT2D eigenvalue weighted by molar-refractivity contribution is 0.102. The number of nitrogens with one attached hydrogen (secondary N) is 1. The molecule has 0 aliphatic carbocycles. The van der Waals surface area contributed by atoms with E-state index in [0.29, 0.717) is 5.69 Å². The minimum Gasteiger partial charge on any atom is -0.321 e. The fourth-order valence-electron chi connectivity index (χ4n) is 2.83. The maximum Gasteiger partial charge on any atom is 0.255 e. The first-order valence-corrected chi connectivity index (χ1v) is 11.2. The quantitative estimate of drug-likeness (QED) is 0.535. The van der Waals surface area contributed by atoms with Crippen molar-refractivity contribution in [2.24, 2.45) is 0 Å². The predicted octanol–water partition coefficient (Wildman–Crippen LogP) is 4.62.